The summed E-state index contributed by atoms with van der Waals surface area (Å²) in [6.07, 6.45) is 2.05. The average Bonchev–Trinajstić information content (AvgIpc) is 3.21. The summed E-state index contributed by atoms with van der Waals surface area (Å²) in [4.78, 5) is 25.4. The zero-order chi connectivity index (χ0) is 14.7. The number of hydrogen-bond acceptors (Lipinski definition) is 4. The number of amides is 2. The number of ether oxygens (including phenoxy) is 1. The Morgan fingerprint density at radius 2 is 2.15 bits per heavy atom. The lowest BCUT2D eigenvalue weighted by Crippen LogP contribution is -2.39. The molecule has 1 aliphatic rings. The lowest BCUT2D eigenvalue weighted by atomic mass is 10.1. The minimum atomic E-state index is -0.271. The van der Waals surface area contributed by atoms with E-state index in [4.69, 9.17) is 10.5 Å². The number of carbonyl (C=O) groups excluding carboxylic acids is 2. The van der Waals surface area contributed by atoms with Crippen LogP contribution in [0.2, 0.25) is 0 Å². The van der Waals surface area contributed by atoms with Crippen molar-refractivity contribution in [3.05, 3.63) is 23.8 Å². The van der Waals surface area contributed by atoms with Gasteiger partial charge in [0, 0.05) is 24.8 Å². The van der Waals surface area contributed by atoms with Crippen molar-refractivity contribution >= 4 is 17.5 Å². The van der Waals surface area contributed by atoms with Gasteiger partial charge < -0.3 is 20.7 Å². The van der Waals surface area contributed by atoms with Crippen molar-refractivity contribution < 1.29 is 14.3 Å². The predicted molar refractivity (Wildman–Crippen MR) is 75.5 cm³/mol. The summed E-state index contributed by atoms with van der Waals surface area (Å²) < 4.78 is 5.15. The Hall–Kier alpha value is -2.24. The van der Waals surface area contributed by atoms with E-state index in [-0.39, 0.29) is 24.4 Å². The molecule has 6 nitrogen and oxygen atoms in total. The largest absolute Gasteiger partial charge is 0.496 e. The Kier molecular flexibility index (Phi) is 4.12. The van der Waals surface area contributed by atoms with E-state index >= 15 is 0 Å². The number of hydrogen-bond donors (Lipinski definition) is 2. The molecule has 2 amide bonds. The highest BCUT2D eigenvalue weighted by atomic mass is 16.5. The minimum absolute atomic E-state index is 0.0306. The number of benzene rings is 1. The molecule has 0 aromatic heterocycles. The van der Waals surface area contributed by atoms with Crippen LogP contribution in [0.5, 0.6) is 5.75 Å². The molecule has 2 rings (SSSR count). The molecule has 108 valence electrons. The number of likely N-dealkylation sites (N-methyl/N-ethyl adjacent to an activating group) is 1. The number of nitrogen functional groups attached to an aromatic ring is 1. The van der Waals surface area contributed by atoms with Crippen LogP contribution in [0.3, 0.4) is 0 Å². The van der Waals surface area contributed by atoms with Gasteiger partial charge in [-0.15, -0.1) is 0 Å². The summed E-state index contributed by atoms with van der Waals surface area (Å²) in [6.45, 7) is 0.0306. The van der Waals surface area contributed by atoms with Gasteiger partial charge in [0.1, 0.15) is 5.75 Å². The Morgan fingerprint density at radius 1 is 1.45 bits per heavy atom. The van der Waals surface area contributed by atoms with Gasteiger partial charge in [0.15, 0.2) is 0 Å². The molecule has 1 aliphatic carbocycles. The fraction of sp³-hybridized carbons (Fsp3) is 0.429. The smallest absolute Gasteiger partial charge is 0.257 e. The van der Waals surface area contributed by atoms with Crippen LogP contribution in [-0.4, -0.2) is 43.5 Å². The Bertz CT molecular complexity index is 526. The summed E-state index contributed by atoms with van der Waals surface area (Å²) in [6, 6.07) is 5.11. The van der Waals surface area contributed by atoms with Crippen molar-refractivity contribution in [3.8, 4) is 5.75 Å². The van der Waals surface area contributed by atoms with E-state index < -0.39 is 0 Å². The molecule has 0 unspecified atom stereocenters. The fourth-order valence-electron chi connectivity index (χ4n) is 1.88. The Labute approximate surface area is 117 Å². The molecule has 1 aromatic carbocycles. The van der Waals surface area contributed by atoms with Crippen LogP contribution in [0.15, 0.2) is 18.2 Å². The van der Waals surface area contributed by atoms with E-state index in [9.17, 15) is 9.59 Å². The molecule has 0 heterocycles. The van der Waals surface area contributed by atoms with Crippen molar-refractivity contribution in [2.45, 2.75) is 18.9 Å². The van der Waals surface area contributed by atoms with E-state index in [1.54, 1.807) is 25.2 Å². The second-order valence-corrected chi connectivity index (χ2v) is 4.96. The average molecular weight is 277 g/mol. The van der Waals surface area contributed by atoms with Gasteiger partial charge in [0.05, 0.1) is 19.2 Å². The quantitative estimate of drug-likeness (QED) is 0.773. The van der Waals surface area contributed by atoms with Crippen LogP contribution in [0, 0.1) is 0 Å². The normalized spacial score (nSPS) is 13.7. The van der Waals surface area contributed by atoms with E-state index in [0.29, 0.717) is 17.0 Å². The molecule has 1 aromatic rings. The Balaban J connectivity index is 2.03. The first-order valence-electron chi connectivity index (χ1n) is 6.49. The maximum absolute atomic E-state index is 12.3. The number of anilines is 1. The zero-order valence-electron chi connectivity index (χ0n) is 11.7. The molecular formula is C14H19N3O3. The lowest BCUT2D eigenvalue weighted by Gasteiger charge is -2.18. The maximum atomic E-state index is 12.3. The molecule has 1 fully saturated rings. The SMILES string of the molecule is COc1cc(N)ccc1C(=O)N(C)CC(=O)NC1CC1. The highest BCUT2D eigenvalue weighted by molar-refractivity contribution is 5.99. The number of nitrogens with two attached hydrogens (primary N) is 1. The fourth-order valence-corrected chi connectivity index (χ4v) is 1.88. The van der Waals surface area contributed by atoms with E-state index in [1.807, 2.05) is 0 Å². The van der Waals surface area contributed by atoms with Crippen molar-refractivity contribution in [1.82, 2.24) is 10.2 Å². The zero-order valence-corrected chi connectivity index (χ0v) is 11.7. The van der Waals surface area contributed by atoms with Crippen molar-refractivity contribution in [3.63, 3.8) is 0 Å². The first-order valence-corrected chi connectivity index (χ1v) is 6.49. The summed E-state index contributed by atoms with van der Waals surface area (Å²) in [5.74, 6) is -0.00462. The lowest BCUT2D eigenvalue weighted by molar-refractivity contribution is -0.121. The molecule has 6 heteroatoms. The molecule has 1 saturated carbocycles. The number of nitrogens with one attached hydrogen (secondary N) is 1. The molecule has 0 saturated heterocycles. The third kappa shape index (κ3) is 3.40. The van der Waals surface area contributed by atoms with E-state index in [0.717, 1.165) is 12.8 Å². The molecule has 0 bridgehead atoms. The molecule has 0 atom stereocenters. The van der Waals surface area contributed by atoms with Gasteiger partial charge in [-0.2, -0.15) is 0 Å². The van der Waals surface area contributed by atoms with Crippen LogP contribution in [0.1, 0.15) is 23.2 Å². The highest BCUT2D eigenvalue weighted by Crippen LogP contribution is 2.23. The van der Waals surface area contributed by atoms with E-state index in [2.05, 4.69) is 5.32 Å². The second-order valence-electron chi connectivity index (χ2n) is 4.96. The van der Waals surface area contributed by atoms with Crippen LogP contribution < -0.4 is 15.8 Å². The molecule has 0 spiro atoms. The summed E-state index contributed by atoms with van der Waals surface area (Å²) in [5.41, 5.74) is 6.57. The van der Waals surface area contributed by atoms with Crippen molar-refractivity contribution in [1.29, 1.82) is 0 Å². The third-order valence-corrected chi connectivity index (χ3v) is 3.13. The van der Waals surface area contributed by atoms with Crippen LogP contribution in [-0.2, 0) is 4.79 Å². The number of methoxy groups -OCH3 is 1. The van der Waals surface area contributed by atoms with Gasteiger partial charge in [-0.25, -0.2) is 0 Å². The van der Waals surface area contributed by atoms with Crippen molar-refractivity contribution in [2.75, 3.05) is 26.4 Å². The first-order chi connectivity index (χ1) is 9.51. The number of carbonyl (C=O) groups is 2. The van der Waals surface area contributed by atoms with Gasteiger partial charge in [-0.05, 0) is 25.0 Å². The first kappa shape index (κ1) is 14.2. The van der Waals surface area contributed by atoms with Gasteiger partial charge in [0.2, 0.25) is 5.91 Å². The maximum Gasteiger partial charge on any atom is 0.257 e. The topological polar surface area (TPSA) is 84.7 Å². The van der Waals surface area contributed by atoms with Crippen LogP contribution in [0.4, 0.5) is 5.69 Å². The summed E-state index contributed by atoms with van der Waals surface area (Å²) >= 11 is 0. The molecule has 0 aliphatic heterocycles. The van der Waals surface area contributed by atoms with Crippen molar-refractivity contribution in [2.24, 2.45) is 0 Å². The number of rotatable bonds is 5. The van der Waals surface area contributed by atoms with Crippen LogP contribution >= 0.6 is 0 Å². The second kappa shape index (κ2) is 5.81. The molecule has 3 N–H and O–H groups in total. The van der Waals surface area contributed by atoms with Gasteiger partial charge in [0.25, 0.3) is 5.91 Å². The predicted octanol–water partition coefficient (Wildman–Crippen LogP) is 0.628. The standard InChI is InChI=1S/C14H19N3O3/c1-17(8-13(18)16-10-4-5-10)14(19)11-6-3-9(15)7-12(11)20-2/h3,6-7,10H,4-5,8,15H2,1-2H3,(H,16,18). The van der Waals surface area contributed by atoms with Gasteiger partial charge >= 0.3 is 0 Å². The molecule has 20 heavy (non-hydrogen) atoms. The van der Waals surface area contributed by atoms with Gasteiger partial charge in [-0.1, -0.05) is 0 Å². The minimum Gasteiger partial charge on any atom is -0.496 e. The van der Waals surface area contributed by atoms with E-state index in [1.165, 1.54) is 12.0 Å². The third-order valence-electron chi connectivity index (χ3n) is 3.13. The summed E-state index contributed by atoms with van der Waals surface area (Å²) in [5, 5.41) is 2.84. The molecule has 0 radical (unpaired) electrons. The number of nitrogens with zero attached hydrogens (tertiary/aromatic N) is 1. The highest BCUT2D eigenvalue weighted by Gasteiger charge is 2.25. The van der Waals surface area contributed by atoms with Gasteiger partial charge in [-0.3, -0.25) is 9.59 Å². The molecular weight excluding hydrogens is 258 g/mol. The monoisotopic (exact) mass is 277 g/mol. The summed E-state index contributed by atoms with van der Waals surface area (Å²) in [7, 11) is 3.07. The Morgan fingerprint density at radius 3 is 2.75 bits per heavy atom. The van der Waals surface area contributed by atoms with Crippen LogP contribution in [0.25, 0.3) is 0 Å².